The molecule has 5 heteroatoms. The molecule has 0 radical (unpaired) electrons. The highest BCUT2D eigenvalue weighted by Crippen LogP contribution is 2.32. The number of benzene rings is 10. The number of aromatic nitrogens is 5. The number of para-hydroxylation sites is 1. The Morgan fingerprint density at radius 3 is 1.30 bits per heavy atom. The molecule has 10 aromatic carbocycles. The van der Waals surface area contributed by atoms with Crippen LogP contribution in [0, 0.1) is 34.6 Å². The van der Waals surface area contributed by atoms with Gasteiger partial charge in [0.05, 0.1) is 10.9 Å². The van der Waals surface area contributed by atoms with Crippen LogP contribution in [0.1, 0.15) is 27.8 Å². The maximum atomic E-state index is 2.28. The highest BCUT2D eigenvalue weighted by Gasteiger charge is 2.19. The fourth-order valence-electron chi connectivity index (χ4n) is 12.3. The number of fused-ring (bicyclic) bond motifs is 5. The third-order valence-corrected chi connectivity index (χ3v) is 17.2. The smallest absolute Gasteiger partial charge is 0.201 e. The van der Waals surface area contributed by atoms with Gasteiger partial charge in [-0.3, -0.25) is 0 Å². The maximum Gasteiger partial charge on any atom is 0.220 e. The zero-order valence-corrected chi connectivity index (χ0v) is 53.6. The predicted molar refractivity (Wildman–Crippen MR) is 376 cm³/mol. The predicted octanol–water partition coefficient (Wildman–Crippen LogP) is 18.2. The van der Waals surface area contributed by atoms with Crippen molar-refractivity contribution in [3.8, 4) is 56.3 Å². The Morgan fingerprint density at radius 1 is 0.233 bits per heavy atom. The largest absolute Gasteiger partial charge is 0.220 e. The number of hydrogen-bond donors (Lipinski definition) is 0. The Balaban J connectivity index is 0.000000116. The summed E-state index contributed by atoms with van der Waals surface area (Å²) in [6.07, 6.45) is 8.50. The van der Waals surface area contributed by atoms with E-state index in [2.05, 4.69) is 397 Å². The summed E-state index contributed by atoms with van der Waals surface area (Å²) in [5.74, 6) is 0. The molecule has 0 spiro atoms. The number of aryl methyl sites for hydroxylation is 10. The van der Waals surface area contributed by atoms with E-state index < -0.39 is 0 Å². The fourth-order valence-corrected chi connectivity index (χ4v) is 12.3. The van der Waals surface area contributed by atoms with Crippen LogP contribution in [-0.2, 0) is 35.2 Å². The van der Waals surface area contributed by atoms with Crippen molar-refractivity contribution in [3.05, 3.63) is 332 Å². The Kier molecular flexibility index (Phi) is 18.9. The van der Waals surface area contributed by atoms with Gasteiger partial charge in [0.1, 0.15) is 35.2 Å². The van der Waals surface area contributed by atoms with Crippen LogP contribution < -0.4 is 22.8 Å². The summed E-state index contributed by atoms with van der Waals surface area (Å²) in [5, 5.41) is 11.6. The van der Waals surface area contributed by atoms with E-state index in [1.807, 2.05) is 0 Å². The molecule has 0 bridgehead atoms. The molecule has 0 amide bonds. The van der Waals surface area contributed by atoms with Crippen LogP contribution in [0.15, 0.2) is 304 Å². The first kappa shape index (κ1) is 60.9. The molecule has 0 atom stereocenters. The lowest BCUT2D eigenvalue weighted by molar-refractivity contribution is -0.660. The molecule has 15 aromatic rings. The molecule has 5 nitrogen and oxygen atoms in total. The molecule has 0 saturated carbocycles. The SMILES string of the molecule is Cc1cc2ccccc2cc1-c1cccc[n+]1C.Cc1ccc2ccccc2c1-c1cccc[n+]1C.Cc1ccccc1-c1c2ccccc2cc[n+]1C.Cc1ccccc1-c1cc2ccccc2c[n+]1C.Cc1ccccc1-c1ccc2ccccc2[n+]1C. The molecule has 0 aliphatic heterocycles. The van der Waals surface area contributed by atoms with Gasteiger partial charge in [-0.1, -0.05) is 170 Å². The van der Waals surface area contributed by atoms with Crippen LogP contribution in [0.5, 0.6) is 0 Å². The van der Waals surface area contributed by atoms with Gasteiger partial charge >= 0.3 is 0 Å². The lowest BCUT2D eigenvalue weighted by Gasteiger charge is -2.08. The van der Waals surface area contributed by atoms with Crippen LogP contribution in [0.25, 0.3) is 110 Å². The van der Waals surface area contributed by atoms with E-state index in [0.29, 0.717) is 0 Å². The molecule has 440 valence electrons. The van der Waals surface area contributed by atoms with Gasteiger partial charge in [0.25, 0.3) is 0 Å². The second-order valence-electron chi connectivity index (χ2n) is 23.4. The quantitative estimate of drug-likeness (QED) is 0.153. The molecule has 0 aliphatic carbocycles. The van der Waals surface area contributed by atoms with Gasteiger partial charge in [-0.2, -0.15) is 4.57 Å². The third kappa shape index (κ3) is 13.5. The summed E-state index contributed by atoms with van der Waals surface area (Å²) >= 11 is 0. The van der Waals surface area contributed by atoms with Crippen molar-refractivity contribution in [2.24, 2.45) is 35.2 Å². The minimum absolute atomic E-state index is 1.25. The highest BCUT2D eigenvalue weighted by atomic mass is 14.9. The van der Waals surface area contributed by atoms with Gasteiger partial charge in [0.2, 0.25) is 34.0 Å². The summed E-state index contributed by atoms with van der Waals surface area (Å²) < 4.78 is 11.0. The van der Waals surface area contributed by atoms with Crippen LogP contribution in [0.4, 0.5) is 0 Å². The van der Waals surface area contributed by atoms with Crippen molar-refractivity contribution in [1.29, 1.82) is 0 Å². The molecule has 0 unspecified atom stereocenters. The highest BCUT2D eigenvalue weighted by molar-refractivity contribution is 5.97. The topological polar surface area (TPSA) is 19.4 Å². The summed E-state index contributed by atoms with van der Waals surface area (Å²) in [6, 6.07) is 98.5. The summed E-state index contributed by atoms with van der Waals surface area (Å²) in [5.41, 5.74) is 20.7. The van der Waals surface area contributed by atoms with E-state index >= 15 is 0 Å². The van der Waals surface area contributed by atoms with Crippen molar-refractivity contribution in [1.82, 2.24) is 0 Å². The molecular weight excluding hydrogens is 1090 g/mol. The van der Waals surface area contributed by atoms with E-state index in [1.54, 1.807) is 0 Å². The van der Waals surface area contributed by atoms with E-state index in [-0.39, 0.29) is 0 Å². The monoisotopic (exact) mass is 1170 g/mol. The van der Waals surface area contributed by atoms with Crippen molar-refractivity contribution in [2.75, 3.05) is 0 Å². The summed E-state index contributed by atoms with van der Waals surface area (Å²) in [4.78, 5) is 0. The summed E-state index contributed by atoms with van der Waals surface area (Å²) in [7, 11) is 10.5. The van der Waals surface area contributed by atoms with Gasteiger partial charge in [-0.25, -0.2) is 18.3 Å². The Labute approximate surface area is 531 Å². The Bertz CT molecular complexity index is 4710. The first-order valence-electron chi connectivity index (χ1n) is 31.0. The first-order chi connectivity index (χ1) is 43.8. The van der Waals surface area contributed by atoms with Gasteiger partial charge in [0.15, 0.2) is 24.8 Å². The lowest BCUT2D eigenvalue weighted by atomic mass is 9.97. The zero-order chi connectivity index (χ0) is 62.7. The number of pyridine rings is 5. The van der Waals surface area contributed by atoms with Crippen molar-refractivity contribution in [2.45, 2.75) is 34.6 Å². The first-order valence-corrected chi connectivity index (χ1v) is 31.0. The average molecular weight is 1170 g/mol. The average Bonchev–Trinajstić information content (AvgIpc) is 1.63. The Morgan fingerprint density at radius 2 is 0.689 bits per heavy atom. The number of nitrogens with zero attached hydrogens (tertiary/aromatic N) is 5. The molecule has 0 aliphatic rings. The van der Waals surface area contributed by atoms with Gasteiger partial charge in [-0.05, 0) is 155 Å². The van der Waals surface area contributed by atoms with Gasteiger partial charge < -0.3 is 0 Å². The maximum absolute atomic E-state index is 2.28. The second-order valence-corrected chi connectivity index (χ2v) is 23.4. The molecular formula is C85H80N5+5. The van der Waals surface area contributed by atoms with Crippen molar-refractivity contribution in [3.63, 3.8) is 0 Å². The standard InChI is InChI=1S/5C17H16N/c1-13-7-3-6-10-16(13)17-11-14-8-4-5-9-15(14)12-18(17)2;1-13-7-3-5-9-15(13)17-16-10-6-4-8-14(16)11-12-18(17)2;1-13-7-3-5-9-15(13)17-12-11-14-8-4-6-10-16(14)18(17)2;1-13-10-11-14-7-3-4-8-15(14)17(13)16-9-5-6-12-18(16)2;1-13-11-14-7-3-4-8-15(14)12-16(13)17-9-5-6-10-18(17)2/h5*3-12H,1-2H3/q5*+1. The van der Waals surface area contributed by atoms with E-state index in [9.17, 15) is 0 Å². The van der Waals surface area contributed by atoms with Crippen molar-refractivity contribution >= 4 is 54.0 Å². The molecule has 0 N–H and O–H groups in total. The lowest BCUT2D eigenvalue weighted by Crippen LogP contribution is -2.32. The molecule has 0 fully saturated rings. The van der Waals surface area contributed by atoms with E-state index in [1.165, 1.54) is 138 Å². The van der Waals surface area contributed by atoms with E-state index in [0.717, 1.165) is 0 Å². The van der Waals surface area contributed by atoms with Gasteiger partial charge in [-0.15, -0.1) is 0 Å². The third-order valence-electron chi connectivity index (χ3n) is 17.2. The fraction of sp³-hybridized carbons (Fsp3) is 0.118. The van der Waals surface area contributed by atoms with Crippen LogP contribution in [-0.4, -0.2) is 0 Å². The van der Waals surface area contributed by atoms with Crippen molar-refractivity contribution < 1.29 is 22.8 Å². The molecule has 5 heterocycles. The number of rotatable bonds is 5. The van der Waals surface area contributed by atoms with Gasteiger partial charge in [0, 0.05) is 81.6 Å². The molecule has 5 aromatic heterocycles. The second kappa shape index (κ2) is 28.0. The number of hydrogen-bond acceptors (Lipinski definition) is 0. The van der Waals surface area contributed by atoms with E-state index in [4.69, 9.17) is 0 Å². The Hall–Kier alpha value is -10.8. The minimum atomic E-state index is 1.25. The molecule has 0 saturated heterocycles. The van der Waals surface area contributed by atoms with Crippen LogP contribution >= 0.6 is 0 Å². The van der Waals surface area contributed by atoms with Crippen LogP contribution in [0.2, 0.25) is 0 Å². The van der Waals surface area contributed by atoms with Crippen LogP contribution in [0.3, 0.4) is 0 Å². The zero-order valence-electron chi connectivity index (χ0n) is 53.6. The minimum Gasteiger partial charge on any atom is -0.201 e. The summed E-state index contributed by atoms with van der Waals surface area (Å²) in [6.45, 7) is 10.8. The normalized spacial score (nSPS) is 10.8. The molecule has 90 heavy (non-hydrogen) atoms. The molecule has 15 rings (SSSR count).